The summed E-state index contributed by atoms with van der Waals surface area (Å²) in [6, 6.07) is 27.8. The maximum absolute atomic E-state index is 13.8. The van der Waals surface area contributed by atoms with E-state index in [1.165, 1.54) is 12.1 Å². The van der Waals surface area contributed by atoms with Crippen molar-refractivity contribution < 1.29 is 17.9 Å². The van der Waals surface area contributed by atoms with Crippen LogP contribution < -0.4 is 4.74 Å². The number of ether oxygens (including phenoxy) is 1. The maximum atomic E-state index is 13.8. The normalized spacial score (nSPS) is 11.7. The first-order chi connectivity index (χ1) is 15.5. The van der Waals surface area contributed by atoms with Crippen LogP contribution in [-0.2, 0) is 10.0 Å². The average molecular weight is 442 g/mol. The van der Waals surface area contributed by atoms with Gasteiger partial charge in [0.15, 0.2) is 0 Å². The summed E-state index contributed by atoms with van der Waals surface area (Å²) >= 11 is 0. The molecule has 0 aliphatic rings. The molecule has 0 radical (unpaired) electrons. The van der Waals surface area contributed by atoms with Crippen molar-refractivity contribution in [1.82, 2.24) is 3.97 Å². The number of carbonyl (C=O) groups excluding carboxylic acids is 1. The lowest BCUT2D eigenvalue weighted by molar-refractivity contribution is 0.103. The Morgan fingerprint density at radius 1 is 0.781 bits per heavy atom. The Morgan fingerprint density at radius 2 is 1.50 bits per heavy atom. The van der Waals surface area contributed by atoms with Crippen molar-refractivity contribution >= 4 is 37.5 Å². The number of benzene rings is 4. The number of nitrogens with zero attached hydrogens (tertiary/aromatic N) is 1. The van der Waals surface area contributed by atoms with Crippen LogP contribution >= 0.6 is 0 Å². The highest BCUT2D eigenvalue weighted by Crippen LogP contribution is 2.31. The lowest BCUT2D eigenvalue weighted by Gasteiger charge is -2.12. The van der Waals surface area contributed by atoms with Crippen LogP contribution in [0.25, 0.3) is 21.7 Å². The fourth-order valence-corrected chi connectivity index (χ4v) is 5.50. The number of methoxy groups -OCH3 is 1. The van der Waals surface area contributed by atoms with Gasteiger partial charge in [-0.1, -0.05) is 60.7 Å². The summed E-state index contributed by atoms with van der Waals surface area (Å²) in [7, 11) is -2.48. The van der Waals surface area contributed by atoms with Crippen molar-refractivity contribution in [1.29, 1.82) is 0 Å². The molecule has 158 valence electrons. The van der Waals surface area contributed by atoms with E-state index in [0.717, 1.165) is 14.7 Å². The van der Waals surface area contributed by atoms with Gasteiger partial charge in [0.2, 0.25) is 5.78 Å². The van der Waals surface area contributed by atoms with Crippen LogP contribution in [0.4, 0.5) is 0 Å². The molecule has 4 aromatic carbocycles. The molecule has 6 heteroatoms. The zero-order valence-electron chi connectivity index (χ0n) is 17.2. The Morgan fingerprint density at radius 3 is 2.28 bits per heavy atom. The van der Waals surface area contributed by atoms with Crippen molar-refractivity contribution in [3.8, 4) is 5.75 Å². The fraction of sp³-hybridized carbons (Fsp3) is 0.0385. The second kappa shape index (κ2) is 7.66. The minimum absolute atomic E-state index is 0.0773. The van der Waals surface area contributed by atoms with Crippen molar-refractivity contribution in [2.75, 3.05) is 7.11 Å². The van der Waals surface area contributed by atoms with Crippen molar-refractivity contribution in [3.63, 3.8) is 0 Å². The molecule has 5 aromatic rings. The van der Waals surface area contributed by atoms with Gasteiger partial charge in [-0.15, -0.1) is 0 Å². The molecule has 5 nitrogen and oxygen atoms in total. The lowest BCUT2D eigenvalue weighted by atomic mass is 10.00. The predicted octanol–water partition coefficient (Wildman–Crippen LogP) is 5.27. The van der Waals surface area contributed by atoms with Gasteiger partial charge in [-0.2, -0.15) is 0 Å². The maximum Gasteiger partial charge on any atom is 0.268 e. The molecule has 0 aliphatic heterocycles. The first kappa shape index (κ1) is 20.0. The van der Waals surface area contributed by atoms with E-state index in [9.17, 15) is 13.2 Å². The van der Waals surface area contributed by atoms with E-state index in [1.807, 2.05) is 30.3 Å². The molecule has 0 spiro atoms. The molecule has 0 saturated carbocycles. The molecule has 0 fully saturated rings. The van der Waals surface area contributed by atoms with Crippen LogP contribution in [0.2, 0.25) is 0 Å². The quantitative estimate of drug-likeness (QED) is 0.349. The van der Waals surface area contributed by atoms with Gasteiger partial charge in [0.1, 0.15) is 11.4 Å². The molecule has 1 heterocycles. The summed E-state index contributed by atoms with van der Waals surface area (Å²) in [6.45, 7) is 0. The summed E-state index contributed by atoms with van der Waals surface area (Å²) in [4.78, 5) is 13.9. The van der Waals surface area contributed by atoms with Crippen molar-refractivity contribution in [2.24, 2.45) is 0 Å². The van der Waals surface area contributed by atoms with E-state index < -0.39 is 10.0 Å². The fourth-order valence-electron chi connectivity index (χ4n) is 3.97. The first-order valence-corrected chi connectivity index (χ1v) is 11.5. The average Bonchev–Trinajstić information content (AvgIpc) is 3.23. The Labute approximate surface area is 185 Å². The third-order valence-corrected chi connectivity index (χ3v) is 7.25. The third kappa shape index (κ3) is 3.16. The highest BCUT2D eigenvalue weighted by molar-refractivity contribution is 7.90. The molecule has 0 bridgehead atoms. The number of aromatic nitrogens is 1. The summed E-state index contributed by atoms with van der Waals surface area (Å²) < 4.78 is 33.8. The monoisotopic (exact) mass is 441 g/mol. The molecule has 32 heavy (non-hydrogen) atoms. The zero-order valence-corrected chi connectivity index (χ0v) is 18.0. The Balaban J connectivity index is 1.81. The predicted molar refractivity (Wildman–Crippen MR) is 125 cm³/mol. The number of carbonyl (C=O) groups is 1. The second-order valence-electron chi connectivity index (χ2n) is 7.39. The van der Waals surface area contributed by atoms with Crippen LogP contribution in [0.15, 0.2) is 102 Å². The largest absolute Gasteiger partial charge is 0.497 e. The van der Waals surface area contributed by atoms with Gasteiger partial charge in [0, 0.05) is 10.9 Å². The van der Waals surface area contributed by atoms with Crippen LogP contribution in [0, 0.1) is 0 Å². The van der Waals surface area contributed by atoms with Gasteiger partial charge >= 0.3 is 0 Å². The Kier molecular flexibility index (Phi) is 4.79. The third-order valence-electron chi connectivity index (χ3n) is 5.51. The van der Waals surface area contributed by atoms with Crippen LogP contribution in [-0.4, -0.2) is 25.3 Å². The van der Waals surface area contributed by atoms with Crippen LogP contribution in [0.1, 0.15) is 16.1 Å². The molecule has 0 N–H and O–H groups in total. The number of fused-ring (bicyclic) bond motifs is 2. The number of hydrogen-bond donors (Lipinski definition) is 0. The topological polar surface area (TPSA) is 65.4 Å². The van der Waals surface area contributed by atoms with E-state index in [1.54, 1.807) is 61.7 Å². The number of ketones is 1. The van der Waals surface area contributed by atoms with E-state index >= 15 is 0 Å². The second-order valence-corrected chi connectivity index (χ2v) is 9.18. The minimum atomic E-state index is -4.02. The standard InChI is InChI=1S/C26H19NO4S/c1-31-20-14-15-24-19(16-20)17-25(27(24)32(29,30)21-10-3-2-4-11-21)26(28)23-13-7-9-18-8-5-6-12-22(18)23/h2-17H,1H3. The van der Waals surface area contributed by atoms with E-state index in [0.29, 0.717) is 22.2 Å². The number of rotatable bonds is 5. The zero-order chi connectivity index (χ0) is 22.3. The van der Waals surface area contributed by atoms with Crippen molar-refractivity contribution in [2.45, 2.75) is 4.90 Å². The van der Waals surface area contributed by atoms with Gasteiger partial charge in [-0.05, 0) is 47.2 Å². The molecular weight excluding hydrogens is 422 g/mol. The summed E-state index contributed by atoms with van der Waals surface area (Å²) in [5.41, 5.74) is 0.939. The van der Waals surface area contributed by atoms with Gasteiger partial charge in [-0.3, -0.25) is 4.79 Å². The van der Waals surface area contributed by atoms with E-state index in [4.69, 9.17) is 4.74 Å². The molecule has 0 saturated heterocycles. The molecule has 0 unspecified atom stereocenters. The van der Waals surface area contributed by atoms with Crippen molar-refractivity contribution in [3.05, 3.63) is 108 Å². The number of hydrogen-bond acceptors (Lipinski definition) is 4. The highest BCUT2D eigenvalue weighted by atomic mass is 32.2. The SMILES string of the molecule is COc1ccc2c(c1)cc(C(=O)c1cccc3ccccc13)n2S(=O)(=O)c1ccccc1. The smallest absolute Gasteiger partial charge is 0.268 e. The van der Waals surface area contributed by atoms with Gasteiger partial charge < -0.3 is 4.74 Å². The summed E-state index contributed by atoms with van der Waals surface area (Å²) in [5.74, 6) is 0.215. The van der Waals surface area contributed by atoms with E-state index in [-0.39, 0.29) is 16.4 Å². The molecule has 5 rings (SSSR count). The Hall–Kier alpha value is -3.90. The minimum Gasteiger partial charge on any atom is -0.497 e. The summed E-state index contributed by atoms with van der Waals surface area (Å²) in [5, 5.41) is 2.28. The molecule has 0 atom stereocenters. The molecular formula is C26H19NO4S. The van der Waals surface area contributed by atoms with Crippen LogP contribution in [0.3, 0.4) is 0 Å². The molecule has 0 amide bonds. The van der Waals surface area contributed by atoms with Crippen LogP contribution in [0.5, 0.6) is 5.75 Å². The van der Waals surface area contributed by atoms with Gasteiger partial charge in [-0.25, -0.2) is 12.4 Å². The first-order valence-electron chi connectivity index (χ1n) is 10.0. The lowest BCUT2D eigenvalue weighted by Crippen LogP contribution is -2.19. The summed E-state index contributed by atoms with van der Waals surface area (Å²) in [6.07, 6.45) is 0. The highest BCUT2D eigenvalue weighted by Gasteiger charge is 2.27. The molecule has 1 aromatic heterocycles. The van der Waals surface area contributed by atoms with E-state index in [2.05, 4.69) is 0 Å². The van der Waals surface area contributed by atoms with Gasteiger partial charge in [0.05, 0.1) is 17.5 Å². The van der Waals surface area contributed by atoms with Gasteiger partial charge in [0.25, 0.3) is 10.0 Å². The molecule has 0 aliphatic carbocycles. The Bertz CT molecular complexity index is 1580.